The Hall–Kier alpha value is -3.55. The zero-order valence-electron chi connectivity index (χ0n) is 21.5. The highest BCUT2D eigenvalue weighted by Gasteiger charge is 2.51. The number of carbonyl (C=O) groups is 2. The number of fused-ring (bicyclic) bond motifs is 1. The van der Waals surface area contributed by atoms with E-state index in [2.05, 4.69) is 10.1 Å². The van der Waals surface area contributed by atoms with Crippen LogP contribution in [0.25, 0.3) is 0 Å². The number of carbonyl (C=O) groups excluding carboxylic acids is 1. The van der Waals surface area contributed by atoms with Crippen molar-refractivity contribution >= 4 is 33.5 Å². The number of carboxylic acids is 1. The van der Waals surface area contributed by atoms with Gasteiger partial charge in [-0.05, 0) is 75.6 Å². The summed E-state index contributed by atoms with van der Waals surface area (Å²) in [6.07, 6.45) is -6.88. The van der Waals surface area contributed by atoms with Crippen molar-refractivity contribution in [2.45, 2.75) is 63.3 Å². The summed E-state index contributed by atoms with van der Waals surface area (Å²) in [5, 5.41) is 11.6. The molecular formula is C25H28F4N2O7S. The van der Waals surface area contributed by atoms with Gasteiger partial charge in [0.15, 0.2) is 0 Å². The van der Waals surface area contributed by atoms with Crippen molar-refractivity contribution < 1.29 is 50.1 Å². The van der Waals surface area contributed by atoms with Gasteiger partial charge in [-0.1, -0.05) is 6.92 Å². The second-order valence-corrected chi connectivity index (χ2v) is 11.4. The van der Waals surface area contributed by atoms with Crippen LogP contribution in [0.1, 0.15) is 39.2 Å². The number of halogens is 4. The molecule has 1 heterocycles. The minimum atomic E-state index is -4.84. The highest BCUT2D eigenvalue weighted by atomic mass is 32.2. The second-order valence-electron chi connectivity index (χ2n) is 9.57. The van der Waals surface area contributed by atoms with E-state index in [-0.39, 0.29) is 47.0 Å². The van der Waals surface area contributed by atoms with E-state index in [0.29, 0.717) is 13.8 Å². The molecule has 1 aliphatic heterocycles. The van der Waals surface area contributed by atoms with Crippen LogP contribution in [0.15, 0.2) is 41.3 Å². The van der Waals surface area contributed by atoms with E-state index < -0.39 is 51.7 Å². The van der Waals surface area contributed by atoms with E-state index in [1.54, 1.807) is 6.92 Å². The van der Waals surface area contributed by atoms with Crippen molar-refractivity contribution in [3.8, 4) is 5.75 Å². The Labute approximate surface area is 222 Å². The van der Waals surface area contributed by atoms with Crippen LogP contribution in [-0.4, -0.2) is 50.0 Å². The van der Waals surface area contributed by atoms with Crippen LogP contribution >= 0.6 is 0 Å². The monoisotopic (exact) mass is 576 g/mol. The molecule has 2 N–H and O–H groups in total. The summed E-state index contributed by atoms with van der Waals surface area (Å²) in [5.74, 6) is -2.48. The van der Waals surface area contributed by atoms with Crippen LogP contribution in [-0.2, 0) is 19.6 Å². The van der Waals surface area contributed by atoms with Crippen LogP contribution < -0.4 is 14.4 Å². The van der Waals surface area contributed by atoms with E-state index >= 15 is 0 Å². The van der Waals surface area contributed by atoms with Gasteiger partial charge in [-0.3, -0.25) is 14.4 Å². The number of carboxylic acid groups (broad SMARTS) is 1. The summed E-state index contributed by atoms with van der Waals surface area (Å²) in [4.78, 5) is 23.5. The number of anilines is 2. The van der Waals surface area contributed by atoms with Crippen LogP contribution in [0.3, 0.4) is 0 Å². The van der Waals surface area contributed by atoms with E-state index in [1.807, 2.05) is 0 Å². The van der Waals surface area contributed by atoms with Crippen molar-refractivity contribution in [3.63, 3.8) is 0 Å². The first-order chi connectivity index (χ1) is 18.0. The van der Waals surface area contributed by atoms with Gasteiger partial charge < -0.3 is 14.6 Å². The number of nitrogens with zero attached hydrogens (tertiary/aromatic N) is 1. The summed E-state index contributed by atoms with van der Waals surface area (Å²) in [5.41, 5.74) is -2.88. The van der Waals surface area contributed by atoms with Gasteiger partial charge >= 0.3 is 18.2 Å². The molecule has 2 aromatic carbocycles. The van der Waals surface area contributed by atoms with Crippen LogP contribution in [0.2, 0.25) is 0 Å². The van der Waals surface area contributed by atoms with Crippen molar-refractivity contribution in [2.24, 2.45) is 5.92 Å². The fourth-order valence-corrected chi connectivity index (χ4v) is 5.42. The SMILES string of the molecule is CCC(CC1CN(S(=O)(=O)c2ccc(F)c(C)c2)c2cc(NC(=O)OC(C)(C)C(F)(F)F)ccc2O1)C(=O)O. The number of aliphatic carboxylic acids is 1. The summed E-state index contributed by atoms with van der Waals surface area (Å²) in [6, 6.07) is 6.95. The van der Waals surface area contributed by atoms with Gasteiger partial charge in [0.2, 0.25) is 5.60 Å². The number of hydrogen-bond acceptors (Lipinski definition) is 6. The molecule has 0 saturated carbocycles. The highest BCUT2D eigenvalue weighted by Crippen LogP contribution is 2.40. The molecule has 0 bridgehead atoms. The van der Waals surface area contributed by atoms with Gasteiger partial charge in [-0.25, -0.2) is 17.6 Å². The Morgan fingerprint density at radius 2 is 1.87 bits per heavy atom. The lowest BCUT2D eigenvalue weighted by Crippen LogP contribution is -2.45. The average molecular weight is 577 g/mol. The molecule has 0 radical (unpaired) electrons. The fraction of sp³-hybridized carbons (Fsp3) is 0.440. The van der Waals surface area contributed by atoms with Crippen molar-refractivity contribution in [1.29, 1.82) is 0 Å². The molecule has 0 fully saturated rings. The predicted octanol–water partition coefficient (Wildman–Crippen LogP) is 5.48. The molecule has 14 heteroatoms. The van der Waals surface area contributed by atoms with Gasteiger partial charge in [-0.2, -0.15) is 13.2 Å². The largest absolute Gasteiger partial charge is 0.486 e. The topological polar surface area (TPSA) is 122 Å². The molecule has 2 unspecified atom stereocenters. The van der Waals surface area contributed by atoms with E-state index in [1.165, 1.54) is 25.1 Å². The summed E-state index contributed by atoms with van der Waals surface area (Å²) >= 11 is 0. The lowest BCUT2D eigenvalue weighted by molar-refractivity contribution is -0.242. The molecule has 0 saturated heterocycles. The Kier molecular flexibility index (Phi) is 8.39. The molecule has 214 valence electrons. The fourth-order valence-electron chi connectivity index (χ4n) is 3.84. The van der Waals surface area contributed by atoms with E-state index in [0.717, 1.165) is 22.5 Å². The molecule has 0 aromatic heterocycles. The number of amides is 1. The van der Waals surface area contributed by atoms with Gasteiger partial charge in [-0.15, -0.1) is 0 Å². The maximum atomic E-state index is 13.8. The number of hydrogen-bond donors (Lipinski definition) is 2. The van der Waals surface area contributed by atoms with Crippen molar-refractivity contribution in [3.05, 3.63) is 47.8 Å². The first kappa shape index (κ1) is 30.0. The minimum absolute atomic E-state index is 0.0153. The number of alkyl halides is 3. The maximum Gasteiger partial charge on any atom is 0.427 e. The number of aryl methyl sites for hydroxylation is 1. The lowest BCUT2D eigenvalue weighted by Gasteiger charge is -2.36. The number of sulfonamides is 1. The molecule has 9 nitrogen and oxygen atoms in total. The summed E-state index contributed by atoms with van der Waals surface area (Å²) in [7, 11) is -4.36. The normalized spacial score (nSPS) is 16.6. The molecular weight excluding hydrogens is 548 g/mol. The van der Waals surface area contributed by atoms with E-state index in [4.69, 9.17) is 4.74 Å². The van der Waals surface area contributed by atoms with Crippen molar-refractivity contribution in [2.75, 3.05) is 16.2 Å². The molecule has 3 rings (SSSR count). The molecule has 0 aliphatic carbocycles. The highest BCUT2D eigenvalue weighted by molar-refractivity contribution is 7.92. The summed E-state index contributed by atoms with van der Waals surface area (Å²) < 4.78 is 91.8. The first-order valence-corrected chi connectivity index (χ1v) is 13.3. The molecule has 0 spiro atoms. The Morgan fingerprint density at radius 1 is 1.21 bits per heavy atom. The zero-order valence-corrected chi connectivity index (χ0v) is 22.3. The number of nitrogens with one attached hydrogen (secondary N) is 1. The van der Waals surface area contributed by atoms with Gasteiger partial charge in [0.25, 0.3) is 10.0 Å². The number of benzene rings is 2. The minimum Gasteiger partial charge on any atom is -0.486 e. The third-order valence-electron chi connectivity index (χ3n) is 6.27. The first-order valence-electron chi connectivity index (χ1n) is 11.9. The number of ether oxygens (including phenoxy) is 2. The predicted molar refractivity (Wildman–Crippen MR) is 133 cm³/mol. The van der Waals surface area contributed by atoms with Crippen LogP contribution in [0.5, 0.6) is 5.75 Å². The Bertz CT molecular complexity index is 1360. The van der Waals surface area contributed by atoms with Gasteiger partial charge in [0, 0.05) is 5.69 Å². The average Bonchev–Trinajstić information content (AvgIpc) is 2.82. The van der Waals surface area contributed by atoms with Crippen LogP contribution in [0, 0.1) is 18.7 Å². The maximum absolute atomic E-state index is 13.8. The third kappa shape index (κ3) is 6.54. The van der Waals surface area contributed by atoms with E-state index in [9.17, 15) is 40.7 Å². The smallest absolute Gasteiger partial charge is 0.427 e. The molecule has 1 amide bonds. The zero-order chi connectivity index (χ0) is 29.3. The second kappa shape index (κ2) is 10.9. The number of rotatable bonds is 8. The molecule has 2 atom stereocenters. The lowest BCUT2D eigenvalue weighted by atomic mass is 9.98. The Balaban J connectivity index is 2.00. The van der Waals surface area contributed by atoms with Crippen LogP contribution in [0.4, 0.5) is 33.7 Å². The van der Waals surface area contributed by atoms with Gasteiger partial charge in [0.05, 0.1) is 23.0 Å². The Morgan fingerprint density at radius 3 is 2.44 bits per heavy atom. The quantitative estimate of drug-likeness (QED) is 0.399. The third-order valence-corrected chi connectivity index (χ3v) is 8.05. The molecule has 2 aromatic rings. The molecule has 1 aliphatic rings. The summed E-state index contributed by atoms with van der Waals surface area (Å²) in [6.45, 7) is 4.09. The standard InChI is InChI=1S/C25H28F4N2O7S/c1-5-15(22(32)33)11-17-13-31(39(35,36)18-7-8-19(26)14(2)10-18)20-12-16(6-9-21(20)37-17)30-23(34)38-24(3,4)25(27,28)29/h6-10,12,15,17H,5,11,13H2,1-4H3,(H,30,34)(H,32,33). The molecule has 39 heavy (non-hydrogen) atoms. The van der Waals surface area contributed by atoms with Crippen molar-refractivity contribution in [1.82, 2.24) is 0 Å². The van der Waals surface area contributed by atoms with Gasteiger partial charge in [0.1, 0.15) is 17.7 Å².